The Morgan fingerprint density at radius 2 is 2.15 bits per heavy atom. The highest BCUT2D eigenvalue weighted by Gasteiger charge is 2.08. The van der Waals surface area contributed by atoms with Crippen LogP contribution in [-0.2, 0) is 0 Å². The molecule has 1 aromatic rings. The van der Waals surface area contributed by atoms with Gasteiger partial charge in [-0.25, -0.2) is 8.78 Å². The molecule has 0 aliphatic heterocycles. The van der Waals surface area contributed by atoms with Crippen LogP contribution < -0.4 is 5.73 Å². The quantitative estimate of drug-likeness (QED) is 0.320. The summed E-state index contributed by atoms with van der Waals surface area (Å²) >= 11 is 0. The lowest BCUT2D eigenvalue weighted by molar-refractivity contribution is 0.151. The van der Waals surface area contributed by atoms with Crippen molar-refractivity contribution in [3.8, 4) is 0 Å². The van der Waals surface area contributed by atoms with Gasteiger partial charge in [0.25, 0.3) is 6.43 Å². The fourth-order valence-electron chi connectivity index (χ4n) is 0.891. The zero-order valence-corrected chi connectivity index (χ0v) is 6.61. The SMILES string of the molecule is NC(=NO)c1cccc(C(F)F)c1. The Balaban J connectivity index is 3.05. The van der Waals surface area contributed by atoms with Gasteiger partial charge in [0.15, 0.2) is 5.84 Å². The van der Waals surface area contributed by atoms with E-state index >= 15 is 0 Å². The van der Waals surface area contributed by atoms with Gasteiger partial charge >= 0.3 is 0 Å². The van der Waals surface area contributed by atoms with Crippen molar-refractivity contribution in [2.75, 3.05) is 0 Å². The smallest absolute Gasteiger partial charge is 0.263 e. The van der Waals surface area contributed by atoms with Gasteiger partial charge in [-0.15, -0.1) is 0 Å². The van der Waals surface area contributed by atoms with E-state index in [2.05, 4.69) is 5.16 Å². The maximum atomic E-state index is 12.2. The van der Waals surface area contributed by atoms with Crippen molar-refractivity contribution in [3.05, 3.63) is 35.4 Å². The zero-order chi connectivity index (χ0) is 9.84. The number of hydrogen-bond donors (Lipinski definition) is 2. The molecule has 3 N–H and O–H groups in total. The maximum absolute atomic E-state index is 12.2. The summed E-state index contributed by atoms with van der Waals surface area (Å²) in [6.07, 6.45) is -2.55. The van der Waals surface area contributed by atoms with Crippen molar-refractivity contribution < 1.29 is 14.0 Å². The number of rotatable bonds is 2. The number of hydrogen-bond acceptors (Lipinski definition) is 2. The predicted octanol–water partition coefficient (Wildman–Crippen LogP) is 1.72. The Hall–Kier alpha value is -1.65. The van der Waals surface area contributed by atoms with Crippen molar-refractivity contribution in [2.24, 2.45) is 10.9 Å². The van der Waals surface area contributed by atoms with E-state index in [1.54, 1.807) is 0 Å². The minimum absolute atomic E-state index is 0.149. The molecule has 0 aliphatic rings. The van der Waals surface area contributed by atoms with Crippen LogP contribution >= 0.6 is 0 Å². The van der Waals surface area contributed by atoms with Crippen molar-refractivity contribution >= 4 is 5.84 Å². The lowest BCUT2D eigenvalue weighted by Gasteiger charge is -2.02. The van der Waals surface area contributed by atoms with Gasteiger partial charge in [0.05, 0.1) is 0 Å². The first-order valence-corrected chi connectivity index (χ1v) is 3.51. The van der Waals surface area contributed by atoms with E-state index in [4.69, 9.17) is 10.9 Å². The average molecular weight is 186 g/mol. The largest absolute Gasteiger partial charge is 0.409 e. The Labute approximate surface area is 73.5 Å². The van der Waals surface area contributed by atoms with E-state index in [0.717, 1.165) is 0 Å². The highest BCUT2D eigenvalue weighted by atomic mass is 19.3. The molecule has 0 aliphatic carbocycles. The Kier molecular flexibility index (Phi) is 2.79. The summed E-state index contributed by atoms with van der Waals surface area (Å²) in [5.41, 5.74) is 5.35. The number of nitrogens with two attached hydrogens (primary N) is 1. The number of halogens is 2. The Bertz CT molecular complexity index is 326. The maximum Gasteiger partial charge on any atom is 0.263 e. The monoisotopic (exact) mass is 186 g/mol. The number of amidine groups is 1. The summed E-state index contributed by atoms with van der Waals surface area (Å²) in [7, 11) is 0. The van der Waals surface area contributed by atoms with Gasteiger partial charge in [-0.2, -0.15) is 0 Å². The molecule has 13 heavy (non-hydrogen) atoms. The molecule has 70 valence electrons. The van der Waals surface area contributed by atoms with Gasteiger partial charge in [0.2, 0.25) is 0 Å². The molecule has 0 aromatic heterocycles. The molecule has 1 aromatic carbocycles. The molecule has 5 heteroatoms. The second-order valence-electron chi connectivity index (χ2n) is 2.41. The Morgan fingerprint density at radius 3 is 2.69 bits per heavy atom. The molecule has 0 saturated heterocycles. The second-order valence-corrected chi connectivity index (χ2v) is 2.41. The van der Waals surface area contributed by atoms with Crippen LogP contribution in [0.3, 0.4) is 0 Å². The summed E-state index contributed by atoms with van der Waals surface area (Å²) in [4.78, 5) is 0. The first kappa shape index (κ1) is 9.44. The molecule has 1 rings (SSSR count). The molecule has 0 heterocycles. The average Bonchev–Trinajstić information content (AvgIpc) is 2.17. The van der Waals surface area contributed by atoms with E-state index in [-0.39, 0.29) is 17.0 Å². The van der Waals surface area contributed by atoms with Gasteiger partial charge in [0, 0.05) is 11.1 Å². The van der Waals surface area contributed by atoms with Crippen LogP contribution in [0.5, 0.6) is 0 Å². The predicted molar refractivity (Wildman–Crippen MR) is 43.9 cm³/mol. The first-order chi connectivity index (χ1) is 6.15. The lowest BCUT2D eigenvalue weighted by Crippen LogP contribution is -2.13. The van der Waals surface area contributed by atoms with Crippen molar-refractivity contribution in [3.63, 3.8) is 0 Å². The van der Waals surface area contributed by atoms with Crippen LogP contribution in [0.15, 0.2) is 29.4 Å². The molecule has 0 saturated carbocycles. The summed E-state index contributed by atoms with van der Waals surface area (Å²) in [6, 6.07) is 5.37. The normalized spacial score (nSPS) is 12.1. The fourth-order valence-corrected chi connectivity index (χ4v) is 0.891. The molecular weight excluding hydrogens is 178 g/mol. The third-order valence-electron chi connectivity index (χ3n) is 1.54. The van der Waals surface area contributed by atoms with E-state index in [0.29, 0.717) is 0 Å². The third kappa shape index (κ3) is 2.14. The van der Waals surface area contributed by atoms with E-state index in [1.807, 2.05) is 0 Å². The van der Waals surface area contributed by atoms with Crippen LogP contribution in [0.4, 0.5) is 8.78 Å². The van der Waals surface area contributed by atoms with Crippen LogP contribution in [0, 0.1) is 0 Å². The topological polar surface area (TPSA) is 58.6 Å². The van der Waals surface area contributed by atoms with Crippen molar-refractivity contribution in [1.29, 1.82) is 0 Å². The third-order valence-corrected chi connectivity index (χ3v) is 1.54. The van der Waals surface area contributed by atoms with Gasteiger partial charge in [-0.3, -0.25) is 0 Å². The second kappa shape index (κ2) is 3.84. The zero-order valence-electron chi connectivity index (χ0n) is 6.61. The van der Waals surface area contributed by atoms with Crippen LogP contribution in [0.2, 0.25) is 0 Å². The molecule has 0 fully saturated rings. The molecule has 0 bridgehead atoms. The molecular formula is C8H8F2N2O. The molecule has 3 nitrogen and oxygen atoms in total. The van der Waals surface area contributed by atoms with Gasteiger partial charge in [-0.1, -0.05) is 23.4 Å². The molecule has 0 spiro atoms. The molecule has 0 atom stereocenters. The van der Waals surface area contributed by atoms with Gasteiger partial charge in [0.1, 0.15) is 0 Å². The van der Waals surface area contributed by atoms with E-state index in [1.165, 1.54) is 24.3 Å². The Morgan fingerprint density at radius 1 is 1.46 bits per heavy atom. The minimum atomic E-state index is -2.55. The highest BCUT2D eigenvalue weighted by molar-refractivity contribution is 5.97. The molecule has 0 amide bonds. The van der Waals surface area contributed by atoms with Crippen molar-refractivity contribution in [2.45, 2.75) is 6.43 Å². The molecule has 0 unspecified atom stereocenters. The van der Waals surface area contributed by atoms with E-state index in [9.17, 15) is 8.78 Å². The van der Waals surface area contributed by atoms with Crippen molar-refractivity contribution in [1.82, 2.24) is 0 Å². The van der Waals surface area contributed by atoms with E-state index < -0.39 is 6.43 Å². The van der Waals surface area contributed by atoms with Gasteiger partial charge < -0.3 is 10.9 Å². The summed E-state index contributed by atoms with van der Waals surface area (Å²) in [5, 5.41) is 11.0. The fraction of sp³-hybridized carbons (Fsp3) is 0.125. The van der Waals surface area contributed by atoms with Gasteiger partial charge in [-0.05, 0) is 6.07 Å². The number of oxime groups is 1. The standard InChI is InChI=1S/C8H8F2N2O/c9-7(10)5-2-1-3-6(4-5)8(11)12-13/h1-4,7,13H,(H2,11,12). The lowest BCUT2D eigenvalue weighted by atomic mass is 10.1. The minimum Gasteiger partial charge on any atom is -0.409 e. The first-order valence-electron chi connectivity index (χ1n) is 3.51. The summed E-state index contributed by atoms with van der Waals surface area (Å²) in [6.45, 7) is 0. The molecule has 0 radical (unpaired) electrons. The number of nitrogens with zero attached hydrogens (tertiary/aromatic N) is 1. The summed E-state index contributed by atoms with van der Waals surface area (Å²) < 4.78 is 24.3. The van der Waals surface area contributed by atoms with Crippen LogP contribution in [0.25, 0.3) is 0 Å². The van der Waals surface area contributed by atoms with Crippen LogP contribution in [-0.4, -0.2) is 11.0 Å². The number of benzene rings is 1. The van der Waals surface area contributed by atoms with Crippen LogP contribution in [0.1, 0.15) is 17.6 Å². The highest BCUT2D eigenvalue weighted by Crippen LogP contribution is 2.19. The number of alkyl halides is 2. The summed E-state index contributed by atoms with van der Waals surface area (Å²) in [5.74, 6) is -0.178.